The van der Waals surface area contributed by atoms with Crippen LogP contribution in [0.2, 0.25) is 0 Å². The lowest BCUT2D eigenvalue weighted by Gasteiger charge is -2.22. The number of rotatable bonds is 1. The SMILES string of the molecule is c1cnc(N2CC[C@H]3NCC[C@@H]32)nc1. The molecule has 74 valence electrons. The second kappa shape index (κ2) is 3.20. The van der Waals surface area contributed by atoms with Crippen LogP contribution in [0.25, 0.3) is 0 Å². The van der Waals surface area contributed by atoms with Gasteiger partial charge < -0.3 is 10.2 Å². The van der Waals surface area contributed by atoms with Gasteiger partial charge in [0, 0.05) is 31.0 Å². The normalized spacial score (nSPS) is 30.7. The molecule has 4 nitrogen and oxygen atoms in total. The van der Waals surface area contributed by atoms with E-state index in [4.69, 9.17) is 0 Å². The molecule has 0 radical (unpaired) electrons. The number of aromatic nitrogens is 2. The molecule has 2 aliphatic heterocycles. The van der Waals surface area contributed by atoms with E-state index in [1.165, 1.54) is 12.8 Å². The molecule has 14 heavy (non-hydrogen) atoms. The van der Waals surface area contributed by atoms with E-state index in [2.05, 4.69) is 20.2 Å². The lowest BCUT2D eigenvalue weighted by molar-refractivity contribution is 0.598. The van der Waals surface area contributed by atoms with Crippen molar-refractivity contribution in [3.05, 3.63) is 18.5 Å². The maximum atomic E-state index is 4.31. The van der Waals surface area contributed by atoms with Crippen molar-refractivity contribution in [3.63, 3.8) is 0 Å². The highest BCUT2D eigenvalue weighted by atomic mass is 15.3. The number of hydrogen-bond acceptors (Lipinski definition) is 4. The molecule has 2 fully saturated rings. The van der Waals surface area contributed by atoms with Crippen molar-refractivity contribution >= 4 is 5.95 Å². The molecule has 0 bridgehead atoms. The average molecular weight is 190 g/mol. The Morgan fingerprint density at radius 3 is 3.00 bits per heavy atom. The van der Waals surface area contributed by atoms with Crippen molar-refractivity contribution < 1.29 is 0 Å². The molecular weight excluding hydrogens is 176 g/mol. The molecule has 3 rings (SSSR count). The Hall–Kier alpha value is -1.16. The van der Waals surface area contributed by atoms with E-state index in [1.54, 1.807) is 0 Å². The largest absolute Gasteiger partial charge is 0.336 e. The maximum absolute atomic E-state index is 4.31. The van der Waals surface area contributed by atoms with Crippen molar-refractivity contribution in [1.82, 2.24) is 15.3 Å². The molecule has 0 aromatic carbocycles. The Kier molecular flexibility index (Phi) is 1.87. The van der Waals surface area contributed by atoms with Crippen LogP contribution in [0.3, 0.4) is 0 Å². The lowest BCUT2D eigenvalue weighted by atomic mass is 10.1. The molecule has 3 heterocycles. The van der Waals surface area contributed by atoms with Gasteiger partial charge >= 0.3 is 0 Å². The molecule has 0 spiro atoms. The number of hydrogen-bond donors (Lipinski definition) is 1. The van der Waals surface area contributed by atoms with Crippen LogP contribution in [-0.4, -0.2) is 35.1 Å². The minimum atomic E-state index is 0.623. The molecule has 1 aromatic heterocycles. The van der Waals surface area contributed by atoms with Gasteiger partial charge in [-0.2, -0.15) is 0 Å². The van der Waals surface area contributed by atoms with Gasteiger partial charge in [0.1, 0.15) is 0 Å². The molecule has 1 N–H and O–H groups in total. The van der Waals surface area contributed by atoms with Gasteiger partial charge in [-0.25, -0.2) is 9.97 Å². The highest BCUT2D eigenvalue weighted by molar-refractivity contribution is 5.35. The zero-order chi connectivity index (χ0) is 9.38. The zero-order valence-corrected chi connectivity index (χ0v) is 8.06. The van der Waals surface area contributed by atoms with Crippen LogP contribution in [0, 0.1) is 0 Å². The minimum absolute atomic E-state index is 0.623. The summed E-state index contributed by atoms with van der Waals surface area (Å²) >= 11 is 0. The van der Waals surface area contributed by atoms with Crippen LogP contribution in [0.1, 0.15) is 12.8 Å². The predicted octanol–water partition coefficient (Wildman–Crippen LogP) is 0.417. The van der Waals surface area contributed by atoms with Crippen LogP contribution < -0.4 is 10.2 Å². The fraction of sp³-hybridized carbons (Fsp3) is 0.600. The van der Waals surface area contributed by atoms with Crippen molar-refractivity contribution in [2.75, 3.05) is 18.0 Å². The van der Waals surface area contributed by atoms with Crippen molar-refractivity contribution in [3.8, 4) is 0 Å². The summed E-state index contributed by atoms with van der Waals surface area (Å²) in [5, 5.41) is 3.52. The second-order valence-corrected chi connectivity index (χ2v) is 3.95. The first-order valence-corrected chi connectivity index (χ1v) is 5.22. The van der Waals surface area contributed by atoms with Crippen molar-refractivity contribution in [2.24, 2.45) is 0 Å². The summed E-state index contributed by atoms with van der Waals surface area (Å²) in [6.45, 7) is 2.23. The molecule has 0 aliphatic carbocycles. The van der Waals surface area contributed by atoms with Gasteiger partial charge in [0.05, 0.1) is 0 Å². The number of fused-ring (bicyclic) bond motifs is 1. The standard InChI is InChI=1S/C10H14N4/c1-4-12-10(13-5-1)14-7-3-8-9(14)2-6-11-8/h1,4-5,8-9,11H,2-3,6-7H2/t8-,9+/m1/s1. The highest BCUT2D eigenvalue weighted by Gasteiger charge is 2.38. The van der Waals surface area contributed by atoms with Gasteiger partial charge in [-0.3, -0.25) is 0 Å². The monoisotopic (exact) mass is 190 g/mol. The van der Waals surface area contributed by atoms with Gasteiger partial charge in [-0.1, -0.05) is 0 Å². The Balaban J connectivity index is 1.86. The van der Waals surface area contributed by atoms with E-state index < -0.39 is 0 Å². The fourth-order valence-electron chi connectivity index (χ4n) is 2.55. The second-order valence-electron chi connectivity index (χ2n) is 3.95. The Bertz CT molecular complexity index is 313. The summed E-state index contributed by atoms with van der Waals surface area (Å²) in [5.41, 5.74) is 0. The zero-order valence-electron chi connectivity index (χ0n) is 8.06. The summed E-state index contributed by atoms with van der Waals surface area (Å²) in [4.78, 5) is 11.0. The molecule has 2 saturated heterocycles. The maximum Gasteiger partial charge on any atom is 0.225 e. The first-order valence-electron chi connectivity index (χ1n) is 5.22. The van der Waals surface area contributed by atoms with Crippen LogP contribution in [0.15, 0.2) is 18.5 Å². The fourth-order valence-corrected chi connectivity index (χ4v) is 2.55. The molecule has 4 heteroatoms. The summed E-state index contributed by atoms with van der Waals surface area (Å²) in [5.74, 6) is 0.892. The third-order valence-electron chi connectivity index (χ3n) is 3.20. The quantitative estimate of drug-likeness (QED) is 0.696. The van der Waals surface area contributed by atoms with E-state index in [9.17, 15) is 0 Å². The number of nitrogens with one attached hydrogen (secondary N) is 1. The van der Waals surface area contributed by atoms with Crippen molar-refractivity contribution in [1.29, 1.82) is 0 Å². The first kappa shape index (κ1) is 8.17. The van der Waals surface area contributed by atoms with E-state index >= 15 is 0 Å². The van der Waals surface area contributed by atoms with Gasteiger partial charge in [0.25, 0.3) is 0 Å². The number of anilines is 1. The molecule has 0 saturated carbocycles. The van der Waals surface area contributed by atoms with E-state index in [0.717, 1.165) is 19.0 Å². The molecular formula is C10H14N4. The Morgan fingerprint density at radius 2 is 2.14 bits per heavy atom. The molecule has 2 atom stereocenters. The van der Waals surface area contributed by atoms with Crippen LogP contribution in [0.4, 0.5) is 5.95 Å². The molecule has 0 amide bonds. The third kappa shape index (κ3) is 1.18. The lowest BCUT2D eigenvalue weighted by Crippen LogP contribution is -2.35. The molecule has 2 aliphatic rings. The highest BCUT2D eigenvalue weighted by Crippen LogP contribution is 2.27. The first-order chi connectivity index (χ1) is 6.95. The summed E-state index contributed by atoms with van der Waals surface area (Å²) in [6, 6.07) is 3.15. The minimum Gasteiger partial charge on any atom is -0.336 e. The Labute approximate surface area is 83.4 Å². The predicted molar refractivity (Wildman–Crippen MR) is 54.2 cm³/mol. The summed E-state index contributed by atoms with van der Waals surface area (Å²) in [6.07, 6.45) is 6.09. The number of nitrogens with zero attached hydrogens (tertiary/aromatic N) is 3. The van der Waals surface area contributed by atoms with E-state index in [0.29, 0.717) is 12.1 Å². The van der Waals surface area contributed by atoms with Crippen molar-refractivity contribution in [2.45, 2.75) is 24.9 Å². The van der Waals surface area contributed by atoms with Gasteiger partial charge in [0.2, 0.25) is 5.95 Å². The van der Waals surface area contributed by atoms with Gasteiger partial charge in [-0.05, 0) is 25.5 Å². The van der Waals surface area contributed by atoms with Crippen LogP contribution in [0.5, 0.6) is 0 Å². The summed E-state index contributed by atoms with van der Waals surface area (Å²) in [7, 11) is 0. The summed E-state index contributed by atoms with van der Waals surface area (Å²) < 4.78 is 0. The van der Waals surface area contributed by atoms with Crippen LogP contribution >= 0.6 is 0 Å². The molecule has 1 aromatic rings. The molecule has 0 unspecified atom stereocenters. The van der Waals surface area contributed by atoms with E-state index in [-0.39, 0.29) is 0 Å². The topological polar surface area (TPSA) is 41.1 Å². The smallest absolute Gasteiger partial charge is 0.225 e. The Morgan fingerprint density at radius 1 is 1.29 bits per heavy atom. The van der Waals surface area contributed by atoms with Gasteiger partial charge in [0.15, 0.2) is 0 Å². The third-order valence-corrected chi connectivity index (χ3v) is 3.20. The van der Waals surface area contributed by atoms with E-state index in [1.807, 2.05) is 18.5 Å². The average Bonchev–Trinajstić information content (AvgIpc) is 2.79. The van der Waals surface area contributed by atoms with Crippen LogP contribution in [-0.2, 0) is 0 Å². The van der Waals surface area contributed by atoms with Gasteiger partial charge in [-0.15, -0.1) is 0 Å².